The molecule has 0 aliphatic carbocycles. The number of rotatable bonds is 5. The maximum absolute atomic E-state index is 5.93. The van der Waals surface area contributed by atoms with Gasteiger partial charge >= 0.3 is 0 Å². The number of nitrogens with two attached hydrogens (primary N) is 1. The first-order valence-corrected chi connectivity index (χ1v) is 6.90. The van der Waals surface area contributed by atoms with Gasteiger partial charge < -0.3 is 10.6 Å². The molecule has 3 nitrogen and oxygen atoms in total. The Hall–Kier alpha value is 0.230. The molecule has 0 aromatic rings. The second-order valence-corrected chi connectivity index (χ2v) is 6.29. The quantitative estimate of drug-likeness (QED) is 0.706. The van der Waals surface area contributed by atoms with Gasteiger partial charge in [0.1, 0.15) is 0 Å². The van der Waals surface area contributed by atoms with Crippen molar-refractivity contribution >= 4 is 11.8 Å². The molecule has 1 fully saturated rings. The molecule has 0 aromatic heterocycles. The Morgan fingerprint density at radius 2 is 1.80 bits per heavy atom. The maximum Gasteiger partial charge on any atom is 0.0188 e. The third-order valence-electron chi connectivity index (χ3n) is 2.62. The van der Waals surface area contributed by atoms with Crippen LogP contribution in [-0.2, 0) is 0 Å². The minimum atomic E-state index is -0.0210. The summed E-state index contributed by atoms with van der Waals surface area (Å²) in [6.07, 6.45) is 0. The molecule has 4 heteroatoms. The highest BCUT2D eigenvalue weighted by Crippen LogP contribution is 2.10. The van der Waals surface area contributed by atoms with Crippen LogP contribution in [0.4, 0.5) is 0 Å². The monoisotopic (exact) mass is 231 g/mol. The van der Waals surface area contributed by atoms with Gasteiger partial charge in [0.2, 0.25) is 0 Å². The number of hydrogen-bond acceptors (Lipinski definition) is 4. The van der Waals surface area contributed by atoms with Crippen molar-refractivity contribution in [3.8, 4) is 0 Å². The molecule has 1 aliphatic rings. The molecule has 15 heavy (non-hydrogen) atoms. The molecule has 0 amide bonds. The fourth-order valence-corrected chi connectivity index (χ4v) is 2.66. The molecule has 0 spiro atoms. The number of hydrogen-bond donors (Lipinski definition) is 1. The van der Waals surface area contributed by atoms with Gasteiger partial charge in [0, 0.05) is 49.8 Å². The zero-order chi connectivity index (χ0) is 11.3. The lowest BCUT2D eigenvalue weighted by Gasteiger charge is -2.32. The lowest BCUT2D eigenvalue weighted by Crippen LogP contribution is -2.45. The topological polar surface area (TPSA) is 32.5 Å². The van der Waals surface area contributed by atoms with E-state index in [0.717, 1.165) is 5.75 Å². The van der Waals surface area contributed by atoms with Crippen molar-refractivity contribution in [2.75, 3.05) is 51.3 Å². The number of thioether (sulfide) groups is 1. The Morgan fingerprint density at radius 3 is 2.33 bits per heavy atom. The van der Waals surface area contributed by atoms with Gasteiger partial charge in [0.05, 0.1) is 0 Å². The van der Waals surface area contributed by atoms with Crippen molar-refractivity contribution in [1.82, 2.24) is 9.80 Å². The molecular weight excluding hydrogens is 206 g/mol. The first-order valence-electron chi connectivity index (χ1n) is 5.75. The second kappa shape index (κ2) is 6.09. The highest BCUT2D eigenvalue weighted by Gasteiger charge is 2.14. The standard InChI is InChI=1S/C11H25N3S/c1-11(2,12)10-15-9-8-14-6-4-13(3)5-7-14/h4-10,12H2,1-3H3. The summed E-state index contributed by atoms with van der Waals surface area (Å²) >= 11 is 1.97. The van der Waals surface area contributed by atoms with E-state index in [0.29, 0.717) is 0 Å². The predicted molar refractivity (Wildman–Crippen MR) is 69.5 cm³/mol. The Morgan fingerprint density at radius 1 is 1.20 bits per heavy atom. The minimum absolute atomic E-state index is 0.0210. The summed E-state index contributed by atoms with van der Waals surface area (Å²) in [5.74, 6) is 2.27. The molecule has 2 N–H and O–H groups in total. The normalized spacial score (nSPS) is 20.8. The first kappa shape index (κ1) is 13.3. The maximum atomic E-state index is 5.93. The lowest BCUT2D eigenvalue weighted by molar-refractivity contribution is 0.161. The summed E-state index contributed by atoms with van der Waals surface area (Å²) in [7, 11) is 2.20. The van der Waals surface area contributed by atoms with Crippen LogP contribution in [0.3, 0.4) is 0 Å². The van der Waals surface area contributed by atoms with Crippen LogP contribution in [0.1, 0.15) is 13.8 Å². The predicted octanol–water partition coefficient (Wildman–Crippen LogP) is 0.704. The fourth-order valence-electron chi connectivity index (χ4n) is 1.60. The average molecular weight is 231 g/mol. The van der Waals surface area contributed by atoms with E-state index in [-0.39, 0.29) is 5.54 Å². The third kappa shape index (κ3) is 6.40. The van der Waals surface area contributed by atoms with E-state index in [1.165, 1.54) is 38.5 Å². The van der Waals surface area contributed by atoms with E-state index in [4.69, 9.17) is 5.73 Å². The van der Waals surface area contributed by atoms with E-state index in [9.17, 15) is 0 Å². The van der Waals surface area contributed by atoms with Crippen molar-refractivity contribution in [3.05, 3.63) is 0 Å². The second-order valence-electron chi connectivity index (χ2n) is 5.19. The zero-order valence-corrected chi connectivity index (χ0v) is 11.1. The SMILES string of the molecule is CN1CCN(CCSCC(C)(C)N)CC1. The molecule has 0 saturated carbocycles. The number of likely N-dealkylation sites (N-methyl/N-ethyl adjacent to an activating group) is 1. The molecule has 1 saturated heterocycles. The molecule has 1 aliphatic heterocycles. The van der Waals surface area contributed by atoms with Crippen LogP contribution in [-0.4, -0.2) is 66.6 Å². The van der Waals surface area contributed by atoms with Crippen LogP contribution < -0.4 is 5.73 Å². The van der Waals surface area contributed by atoms with Crippen molar-refractivity contribution in [2.45, 2.75) is 19.4 Å². The van der Waals surface area contributed by atoms with Crippen molar-refractivity contribution < 1.29 is 0 Å². The van der Waals surface area contributed by atoms with E-state index in [1.54, 1.807) is 0 Å². The van der Waals surface area contributed by atoms with E-state index in [1.807, 2.05) is 11.8 Å². The third-order valence-corrected chi connectivity index (χ3v) is 4.04. The lowest BCUT2D eigenvalue weighted by atomic mass is 10.1. The molecule has 0 unspecified atom stereocenters. The van der Waals surface area contributed by atoms with Gasteiger partial charge in [0.15, 0.2) is 0 Å². The first-order chi connectivity index (χ1) is 6.97. The summed E-state index contributed by atoms with van der Waals surface area (Å²) in [4.78, 5) is 4.95. The minimum Gasteiger partial charge on any atom is -0.325 e. The van der Waals surface area contributed by atoms with Crippen LogP contribution in [0.25, 0.3) is 0 Å². The smallest absolute Gasteiger partial charge is 0.0188 e. The van der Waals surface area contributed by atoms with Gasteiger partial charge in [-0.05, 0) is 20.9 Å². The van der Waals surface area contributed by atoms with Crippen LogP contribution in [0.5, 0.6) is 0 Å². The van der Waals surface area contributed by atoms with Gasteiger partial charge in [0.25, 0.3) is 0 Å². The highest BCUT2D eigenvalue weighted by molar-refractivity contribution is 7.99. The van der Waals surface area contributed by atoms with E-state index in [2.05, 4.69) is 30.7 Å². The molecule has 90 valence electrons. The van der Waals surface area contributed by atoms with Gasteiger partial charge in [-0.2, -0.15) is 11.8 Å². The summed E-state index contributed by atoms with van der Waals surface area (Å²) in [5, 5.41) is 0. The Balaban J connectivity index is 2.01. The van der Waals surface area contributed by atoms with Crippen LogP contribution in [0.2, 0.25) is 0 Å². The molecule has 0 aromatic carbocycles. The Bertz CT molecular complexity index is 171. The number of nitrogens with zero attached hydrogens (tertiary/aromatic N) is 2. The molecule has 1 heterocycles. The summed E-state index contributed by atoms with van der Waals surface area (Å²) < 4.78 is 0. The fraction of sp³-hybridized carbons (Fsp3) is 1.00. The van der Waals surface area contributed by atoms with Crippen LogP contribution in [0, 0.1) is 0 Å². The average Bonchev–Trinajstić information content (AvgIpc) is 2.14. The van der Waals surface area contributed by atoms with Gasteiger partial charge in [-0.1, -0.05) is 0 Å². The van der Waals surface area contributed by atoms with E-state index < -0.39 is 0 Å². The summed E-state index contributed by atoms with van der Waals surface area (Å²) in [5.41, 5.74) is 5.91. The van der Waals surface area contributed by atoms with Gasteiger partial charge in [-0.3, -0.25) is 4.90 Å². The van der Waals surface area contributed by atoms with Gasteiger partial charge in [-0.15, -0.1) is 0 Å². The largest absolute Gasteiger partial charge is 0.325 e. The zero-order valence-electron chi connectivity index (χ0n) is 10.3. The van der Waals surface area contributed by atoms with Crippen molar-refractivity contribution in [1.29, 1.82) is 0 Å². The molecule has 0 bridgehead atoms. The Kier molecular flexibility index (Phi) is 5.39. The summed E-state index contributed by atoms with van der Waals surface area (Å²) in [6.45, 7) is 10.3. The van der Waals surface area contributed by atoms with Crippen molar-refractivity contribution in [3.63, 3.8) is 0 Å². The molecule has 1 rings (SSSR count). The summed E-state index contributed by atoms with van der Waals surface area (Å²) in [6, 6.07) is 0. The highest BCUT2D eigenvalue weighted by atomic mass is 32.2. The molecular formula is C11H25N3S. The van der Waals surface area contributed by atoms with Crippen LogP contribution in [0.15, 0.2) is 0 Å². The molecule has 0 atom stereocenters. The number of piperazine rings is 1. The van der Waals surface area contributed by atoms with Gasteiger partial charge in [-0.25, -0.2) is 0 Å². The van der Waals surface area contributed by atoms with E-state index >= 15 is 0 Å². The Labute approximate surface area is 98.4 Å². The molecule has 0 radical (unpaired) electrons. The van der Waals surface area contributed by atoms with Crippen molar-refractivity contribution in [2.24, 2.45) is 5.73 Å². The van der Waals surface area contributed by atoms with Crippen LogP contribution >= 0.6 is 11.8 Å².